The Morgan fingerprint density at radius 3 is 2.64 bits per heavy atom. The number of likely N-dealkylation sites (tertiary alicyclic amines) is 1. The molecule has 0 aliphatic carbocycles. The average molecular weight is 452 g/mol. The van der Waals surface area contributed by atoms with Crippen molar-refractivity contribution >= 4 is 17.6 Å². The molecule has 0 spiro atoms. The van der Waals surface area contributed by atoms with Crippen molar-refractivity contribution in [3.8, 4) is 11.4 Å². The van der Waals surface area contributed by atoms with Gasteiger partial charge in [0, 0.05) is 43.2 Å². The lowest BCUT2D eigenvalue weighted by atomic mass is 10.0. The van der Waals surface area contributed by atoms with Crippen LogP contribution in [-0.2, 0) is 11.2 Å². The molecule has 1 saturated heterocycles. The number of piperidine rings is 1. The second-order valence-corrected chi connectivity index (χ2v) is 8.10. The molecule has 2 aromatic carbocycles. The van der Waals surface area contributed by atoms with Gasteiger partial charge in [-0.2, -0.15) is 4.98 Å². The van der Waals surface area contributed by atoms with E-state index in [0.29, 0.717) is 55.2 Å². The van der Waals surface area contributed by atoms with Crippen molar-refractivity contribution in [1.29, 1.82) is 0 Å². The summed E-state index contributed by atoms with van der Waals surface area (Å²) in [4.78, 5) is 30.9. The third-order valence-corrected chi connectivity index (χ3v) is 5.65. The number of hydrogen-bond acceptors (Lipinski definition) is 5. The number of carbonyl (C=O) groups is 2. The summed E-state index contributed by atoms with van der Waals surface area (Å²) in [7, 11) is 0. The Morgan fingerprint density at radius 2 is 1.91 bits per heavy atom. The Hall–Kier alpha value is -3.75. The molecule has 1 fully saturated rings. The number of rotatable bonds is 6. The summed E-state index contributed by atoms with van der Waals surface area (Å²) >= 11 is 0. The molecular formula is C24H26FN5O3. The van der Waals surface area contributed by atoms with Crippen molar-refractivity contribution in [1.82, 2.24) is 20.4 Å². The highest BCUT2D eigenvalue weighted by Gasteiger charge is 2.24. The van der Waals surface area contributed by atoms with Crippen LogP contribution in [0.3, 0.4) is 0 Å². The molecule has 1 aliphatic heterocycles. The van der Waals surface area contributed by atoms with Gasteiger partial charge in [0.1, 0.15) is 5.82 Å². The van der Waals surface area contributed by atoms with Gasteiger partial charge in [0.2, 0.25) is 17.6 Å². The molecule has 0 saturated carbocycles. The second-order valence-electron chi connectivity index (χ2n) is 8.10. The molecule has 0 bridgehead atoms. The van der Waals surface area contributed by atoms with Gasteiger partial charge in [-0.25, -0.2) is 9.18 Å². The molecule has 0 unspecified atom stereocenters. The van der Waals surface area contributed by atoms with Crippen molar-refractivity contribution in [2.75, 3.05) is 18.4 Å². The van der Waals surface area contributed by atoms with Crippen molar-refractivity contribution < 1.29 is 18.5 Å². The van der Waals surface area contributed by atoms with Crippen molar-refractivity contribution in [3.05, 3.63) is 65.8 Å². The van der Waals surface area contributed by atoms with E-state index in [1.807, 2.05) is 30.3 Å². The largest absolute Gasteiger partial charge is 0.343 e. The third kappa shape index (κ3) is 5.94. The van der Waals surface area contributed by atoms with Gasteiger partial charge < -0.3 is 20.1 Å². The van der Waals surface area contributed by atoms with E-state index in [0.717, 1.165) is 5.69 Å². The zero-order valence-corrected chi connectivity index (χ0v) is 18.4. The van der Waals surface area contributed by atoms with E-state index >= 15 is 0 Å². The van der Waals surface area contributed by atoms with Crippen LogP contribution in [-0.4, -0.2) is 46.1 Å². The second kappa shape index (κ2) is 10.2. The topological polar surface area (TPSA) is 100 Å². The molecule has 9 heteroatoms. The number of anilines is 1. The normalized spacial score (nSPS) is 14.2. The molecular weight excluding hydrogens is 425 g/mol. The van der Waals surface area contributed by atoms with Crippen LogP contribution in [0.25, 0.3) is 11.4 Å². The molecule has 1 aromatic heterocycles. The fourth-order valence-corrected chi connectivity index (χ4v) is 3.78. The highest BCUT2D eigenvalue weighted by Crippen LogP contribution is 2.20. The summed E-state index contributed by atoms with van der Waals surface area (Å²) in [6.45, 7) is 2.84. The molecule has 2 heterocycles. The first kappa shape index (κ1) is 22.4. The SMILES string of the molecule is Cc1cc(-c2noc(CCC(=O)N3CCC(NC(=O)Nc4ccccc4)CC3)n2)ccc1F. The molecule has 0 atom stereocenters. The molecule has 8 nitrogen and oxygen atoms in total. The molecule has 33 heavy (non-hydrogen) atoms. The maximum absolute atomic E-state index is 13.5. The van der Waals surface area contributed by atoms with E-state index in [2.05, 4.69) is 20.8 Å². The Balaban J connectivity index is 1.21. The van der Waals surface area contributed by atoms with Crippen molar-refractivity contribution in [2.45, 2.75) is 38.6 Å². The van der Waals surface area contributed by atoms with E-state index in [4.69, 9.17) is 4.52 Å². The lowest BCUT2D eigenvalue weighted by Crippen LogP contribution is -2.47. The third-order valence-electron chi connectivity index (χ3n) is 5.65. The van der Waals surface area contributed by atoms with Gasteiger partial charge in [-0.15, -0.1) is 0 Å². The van der Waals surface area contributed by atoms with Gasteiger partial charge >= 0.3 is 6.03 Å². The van der Waals surface area contributed by atoms with E-state index in [9.17, 15) is 14.0 Å². The number of amides is 3. The van der Waals surface area contributed by atoms with Gasteiger partial charge in [0.05, 0.1) is 0 Å². The molecule has 3 amide bonds. The Morgan fingerprint density at radius 1 is 1.15 bits per heavy atom. The smallest absolute Gasteiger partial charge is 0.319 e. The lowest BCUT2D eigenvalue weighted by molar-refractivity contribution is -0.132. The summed E-state index contributed by atoms with van der Waals surface area (Å²) in [6.07, 6.45) is 1.99. The minimum atomic E-state index is -0.288. The fourth-order valence-electron chi connectivity index (χ4n) is 3.78. The van der Waals surface area contributed by atoms with Crippen molar-refractivity contribution in [2.24, 2.45) is 0 Å². The number of aryl methyl sites for hydroxylation is 2. The number of nitrogens with one attached hydrogen (secondary N) is 2. The molecule has 2 N–H and O–H groups in total. The van der Waals surface area contributed by atoms with E-state index in [1.165, 1.54) is 6.07 Å². The predicted molar refractivity (Wildman–Crippen MR) is 121 cm³/mol. The minimum Gasteiger partial charge on any atom is -0.343 e. The predicted octanol–water partition coefficient (Wildman–Crippen LogP) is 3.93. The first-order chi connectivity index (χ1) is 16.0. The van der Waals surface area contributed by atoms with Gasteiger partial charge in [-0.05, 0) is 55.7 Å². The lowest BCUT2D eigenvalue weighted by Gasteiger charge is -2.32. The quantitative estimate of drug-likeness (QED) is 0.592. The van der Waals surface area contributed by atoms with Crippen LogP contribution in [0.2, 0.25) is 0 Å². The highest BCUT2D eigenvalue weighted by atomic mass is 19.1. The van der Waals surface area contributed by atoms with E-state index in [-0.39, 0.29) is 30.2 Å². The first-order valence-electron chi connectivity index (χ1n) is 11.0. The van der Waals surface area contributed by atoms with Crippen LogP contribution in [0.1, 0.15) is 30.7 Å². The number of urea groups is 1. The highest BCUT2D eigenvalue weighted by molar-refractivity contribution is 5.89. The van der Waals surface area contributed by atoms with Gasteiger partial charge in [0.25, 0.3) is 0 Å². The number of nitrogens with zero attached hydrogens (tertiary/aromatic N) is 3. The Kier molecular flexibility index (Phi) is 6.97. The van der Waals surface area contributed by atoms with Gasteiger partial charge in [0.15, 0.2) is 0 Å². The summed E-state index contributed by atoms with van der Waals surface area (Å²) in [5, 5.41) is 9.71. The number of hydrogen-bond donors (Lipinski definition) is 2. The number of halogens is 1. The summed E-state index contributed by atoms with van der Waals surface area (Å²) in [5.74, 6) is 0.471. The number of aromatic nitrogens is 2. The first-order valence-corrected chi connectivity index (χ1v) is 11.0. The average Bonchev–Trinajstić information content (AvgIpc) is 3.29. The molecule has 0 radical (unpaired) electrons. The number of para-hydroxylation sites is 1. The molecule has 172 valence electrons. The Bertz CT molecular complexity index is 1110. The standard InChI is InChI=1S/C24H26FN5O3/c1-16-15-17(7-8-20(16)25)23-28-21(33-29-23)9-10-22(31)30-13-11-19(12-14-30)27-24(32)26-18-5-3-2-4-6-18/h2-8,15,19H,9-14H2,1H3,(H2,26,27,32). The summed E-state index contributed by atoms with van der Waals surface area (Å²) in [6, 6.07) is 13.7. The monoisotopic (exact) mass is 451 g/mol. The molecule has 3 aromatic rings. The number of carbonyl (C=O) groups excluding carboxylic acids is 2. The van der Waals surface area contributed by atoms with Crippen molar-refractivity contribution in [3.63, 3.8) is 0 Å². The van der Waals surface area contributed by atoms with Gasteiger partial charge in [-0.1, -0.05) is 23.4 Å². The fraction of sp³-hybridized carbons (Fsp3) is 0.333. The van der Waals surface area contributed by atoms with Crippen LogP contribution in [0.15, 0.2) is 53.1 Å². The molecule has 4 rings (SSSR count). The van der Waals surface area contributed by atoms with E-state index in [1.54, 1.807) is 24.0 Å². The zero-order valence-electron chi connectivity index (χ0n) is 18.4. The van der Waals surface area contributed by atoms with Crippen LogP contribution >= 0.6 is 0 Å². The molecule has 1 aliphatic rings. The summed E-state index contributed by atoms with van der Waals surface area (Å²) < 4.78 is 18.7. The summed E-state index contributed by atoms with van der Waals surface area (Å²) in [5.41, 5.74) is 1.91. The van der Waals surface area contributed by atoms with Gasteiger partial charge in [-0.3, -0.25) is 4.79 Å². The van der Waals surface area contributed by atoms with Crippen LogP contribution in [0, 0.1) is 12.7 Å². The zero-order chi connectivity index (χ0) is 23.2. The maximum Gasteiger partial charge on any atom is 0.319 e. The Labute approximate surface area is 191 Å². The van der Waals surface area contributed by atoms with Crippen LogP contribution in [0.5, 0.6) is 0 Å². The van der Waals surface area contributed by atoms with Crippen LogP contribution in [0.4, 0.5) is 14.9 Å². The minimum absolute atomic E-state index is 0.0135. The van der Waals surface area contributed by atoms with Crippen LogP contribution < -0.4 is 10.6 Å². The van der Waals surface area contributed by atoms with E-state index < -0.39 is 0 Å². The maximum atomic E-state index is 13.5. The number of benzene rings is 2.